The molecular weight excluding hydrogens is 502 g/mol. The second-order valence-electron chi connectivity index (χ2n) is 9.22. The van der Waals surface area contributed by atoms with Crippen LogP contribution in [0.2, 0.25) is 0 Å². The monoisotopic (exact) mass is 529 g/mol. The third-order valence-corrected chi connectivity index (χ3v) is 7.16. The fourth-order valence-corrected chi connectivity index (χ4v) is 5.23. The van der Waals surface area contributed by atoms with E-state index in [4.69, 9.17) is 9.97 Å². The van der Waals surface area contributed by atoms with E-state index in [1.807, 2.05) is 43.6 Å². The molecule has 0 saturated carbocycles. The van der Waals surface area contributed by atoms with Gasteiger partial charge in [0.15, 0.2) is 11.5 Å². The zero-order chi connectivity index (χ0) is 26.6. The van der Waals surface area contributed by atoms with E-state index in [0.29, 0.717) is 18.1 Å². The number of aromatic nitrogens is 6. The summed E-state index contributed by atoms with van der Waals surface area (Å²) in [7, 11) is 0. The molecule has 3 N–H and O–H groups in total. The summed E-state index contributed by atoms with van der Waals surface area (Å²) in [5.41, 5.74) is 10.4. The fraction of sp³-hybridized carbons (Fsp3) is 0.0968. The SMILES string of the molecule is C=C/C=C(/c1ccsc1)c1nc(-c2n[nH]c3ccc(-c4cncc(CNCc5ccccc5)c4)nc23)[nH]c1C. The number of allylic oxidation sites excluding steroid dienone is 2. The Morgan fingerprint density at radius 2 is 1.90 bits per heavy atom. The van der Waals surface area contributed by atoms with Crippen molar-refractivity contribution in [3.63, 3.8) is 0 Å². The number of fused-ring (bicyclic) bond motifs is 1. The Bertz CT molecular complexity index is 1760. The maximum Gasteiger partial charge on any atom is 0.161 e. The van der Waals surface area contributed by atoms with Crippen LogP contribution in [0.5, 0.6) is 0 Å². The topological polar surface area (TPSA) is 95.2 Å². The standard InChI is InChI=1S/C31H27N7S/c1-3-7-25(23-12-13-39-19-23)28-20(2)34-31(36-28)30-29-27(37-38-30)11-10-26(35-29)24-14-22(17-33-18-24)16-32-15-21-8-5-4-6-9-21/h3-14,17-19,32H,1,15-16H2,2H3,(H,34,36)(H,37,38)/b25-7-. The second kappa shape index (κ2) is 11.0. The molecule has 0 aliphatic rings. The lowest BCUT2D eigenvalue weighted by atomic mass is 10.0. The Kier molecular flexibility index (Phi) is 6.95. The highest BCUT2D eigenvalue weighted by molar-refractivity contribution is 7.08. The molecule has 0 fully saturated rings. The van der Waals surface area contributed by atoms with E-state index in [9.17, 15) is 0 Å². The number of rotatable bonds is 9. The molecular formula is C31H27N7S. The van der Waals surface area contributed by atoms with Crippen molar-refractivity contribution in [1.29, 1.82) is 0 Å². The quantitative estimate of drug-likeness (QED) is 0.181. The van der Waals surface area contributed by atoms with E-state index in [1.165, 1.54) is 5.56 Å². The predicted molar refractivity (Wildman–Crippen MR) is 158 cm³/mol. The van der Waals surface area contributed by atoms with Crippen molar-refractivity contribution in [3.8, 4) is 22.8 Å². The lowest BCUT2D eigenvalue weighted by Crippen LogP contribution is -2.12. The maximum absolute atomic E-state index is 4.98. The summed E-state index contributed by atoms with van der Waals surface area (Å²) in [5, 5.41) is 15.3. The van der Waals surface area contributed by atoms with Crippen molar-refractivity contribution < 1.29 is 0 Å². The van der Waals surface area contributed by atoms with Crippen LogP contribution in [0.4, 0.5) is 0 Å². The molecule has 1 aromatic carbocycles. The van der Waals surface area contributed by atoms with Crippen molar-refractivity contribution in [3.05, 3.63) is 125 Å². The van der Waals surface area contributed by atoms with Crippen LogP contribution in [0.3, 0.4) is 0 Å². The number of benzene rings is 1. The highest BCUT2D eigenvalue weighted by atomic mass is 32.1. The van der Waals surface area contributed by atoms with Crippen molar-refractivity contribution in [2.75, 3.05) is 0 Å². The Hall–Kier alpha value is -4.66. The first-order valence-electron chi connectivity index (χ1n) is 12.7. The van der Waals surface area contributed by atoms with E-state index >= 15 is 0 Å². The summed E-state index contributed by atoms with van der Waals surface area (Å²) in [5.74, 6) is 0.667. The van der Waals surface area contributed by atoms with E-state index in [0.717, 1.165) is 56.9 Å². The van der Waals surface area contributed by atoms with Gasteiger partial charge in [-0.15, -0.1) is 0 Å². The van der Waals surface area contributed by atoms with Crippen LogP contribution in [-0.4, -0.2) is 30.1 Å². The van der Waals surface area contributed by atoms with Crippen molar-refractivity contribution in [2.45, 2.75) is 20.0 Å². The third kappa shape index (κ3) is 5.20. The molecule has 0 aliphatic heterocycles. The number of thiophene rings is 1. The van der Waals surface area contributed by atoms with Crippen molar-refractivity contribution in [2.24, 2.45) is 0 Å². The minimum absolute atomic E-state index is 0.667. The van der Waals surface area contributed by atoms with Gasteiger partial charge in [-0.2, -0.15) is 16.4 Å². The number of aromatic amines is 2. The lowest BCUT2D eigenvalue weighted by molar-refractivity contribution is 0.691. The molecule has 0 aliphatic carbocycles. The number of hydrogen-bond acceptors (Lipinski definition) is 6. The van der Waals surface area contributed by atoms with Crippen molar-refractivity contribution in [1.82, 2.24) is 35.5 Å². The summed E-state index contributed by atoms with van der Waals surface area (Å²) in [6, 6.07) is 18.6. The van der Waals surface area contributed by atoms with Crippen LogP contribution >= 0.6 is 11.3 Å². The Labute approximate surface area is 230 Å². The van der Waals surface area contributed by atoms with Gasteiger partial charge in [0.1, 0.15) is 5.52 Å². The van der Waals surface area contributed by atoms with Gasteiger partial charge in [0.25, 0.3) is 0 Å². The van der Waals surface area contributed by atoms with Crippen LogP contribution < -0.4 is 5.32 Å². The van der Waals surface area contributed by atoms with Gasteiger partial charge >= 0.3 is 0 Å². The van der Waals surface area contributed by atoms with Crippen LogP contribution in [0.25, 0.3) is 39.4 Å². The van der Waals surface area contributed by atoms with Crippen LogP contribution in [0, 0.1) is 6.92 Å². The molecule has 192 valence electrons. The lowest BCUT2D eigenvalue weighted by Gasteiger charge is -2.07. The zero-order valence-electron chi connectivity index (χ0n) is 21.5. The molecule has 0 bridgehead atoms. The molecule has 5 aromatic heterocycles. The van der Waals surface area contributed by atoms with Gasteiger partial charge in [-0.25, -0.2) is 9.97 Å². The average molecular weight is 530 g/mol. The van der Waals surface area contributed by atoms with Gasteiger partial charge in [-0.05, 0) is 58.6 Å². The molecule has 0 unspecified atom stereocenters. The first-order chi connectivity index (χ1) is 19.2. The van der Waals surface area contributed by atoms with Gasteiger partial charge in [-0.1, -0.05) is 49.1 Å². The highest BCUT2D eigenvalue weighted by Gasteiger charge is 2.19. The van der Waals surface area contributed by atoms with Gasteiger partial charge < -0.3 is 10.3 Å². The van der Waals surface area contributed by atoms with Gasteiger partial charge in [0.05, 0.1) is 16.9 Å². The molecule has 6 aromatic rings. The molecule has 0 spiro atoms. The summed E-state index contributed by atoms with van der Waals surface area (Å²) < 4.78 is 0. The molecule has 0 amide bonds. The van der Waals surface area contributed by atoms with E-state index < -0.39 is 0 Å². The van der Waals surface area contributed by atoms with Crippen molar-refractivity contribution >= 4 is 27.9 Å². The molecule has 0 radical (unpaired) electrons. The van der Waals surface area contributed by atoms with Crippen LogP contribution in [-0.2, 0) is 13.1 Å². The Morgan fingerprint density at radius 3 is 2.72 bits per heavy atom. The highest BCUT2D eigenvalue weighted by Crippen LogP contribution is 2.31. The number of pyridine rings is 2. The molecule has 0 saturated heterocycles. The number of aryl methyl sites for hydroxylation is 1. The summed E-state index contributed by atoms with van der Waals surface area (Å²) in [4.78, 5) is 17.8. The molecule has 8 heteroatoms. The number of nitrogens with one attached hydrogen (secondary N) is 3. The fourth-order valence-electron chi connectivity index (χ4n) is 4.58. The summed E-state index contributed by atoms with van der Waals surface area (Å²) in [6.07, 6.45) is 7.51. The normalized spacial score (nSPS) is 11.8. The predicted octanol–water partition coefficient (Wildman–Crippen LogP) is 6.69. The number of nitrogens with zero attached hydrogens (tertiary/aromatic N) is 4. The van der Waals surface area contributed by atoms with E-state index in [-0.39, 0.29) is 0 Å². The zero-order valence-corrected chi connectivity index (χ0v) is 22.3. The van der Waals surface area contributed by atoms with Crippen LogP contribution in [0.1, 0.15) is 28.1 Å². The Morgan fingerprint density at radius 1 is 1.03 bits per heavy atom. The smallest absolute Gasteiger partial charge is 0.161 e. The number of hydrogen-bond donors (Lipinski definition) is 3. The Balaban J connectivity index is 1.29. The maximum atomic E-state index is 4.98. The minimum Gasteiger partial charge on any atom is -0.340 e. The van der Waals surface area contributed by atoms with E-state index in [2.05, 4.69) is 79.2 Å². The van der Waals surface area contributed by atoms with Gasteiger partial charge in [0.2, 0.25) is 0 Å². The second-order valence-corrected chi connectivity index (χ2v) is 10.0. The first-order valence-corrected chi connectivity index (χ1v) is 13.6. The summed E-state index contributed by atoms with van der Waals surface area (Å²) >= 11 is 1.65. The average Bonchev–Trinajstić information content (AvgIpc) is 3.72. The molecule has 5 heterocycles. The van der Waals surface area contributed by atoms with Gasteiger partial charge in [0, 0.05) is 42.3 Å². The molecule has 6 rings (SSSR count). The van der Waals surface area contributed by atoms with E-state index in [1.54, 1.807) is 17.4 Å². The minimum atomic E-state index is 0.667. The first kappa shape index (κ1) is 24.7. The third-order valence-electron chi connectivity index (χ3n) is 6.48. The molecule has 39 heavy (non-hydrogen) atoms. The largest absolute Gasteiger partial charge is 0.340 e. The van der Waals surface area contributed by atoms with Gasteiger partial charge in [-0.3, -0.25) is 10.1 Å². The number of H-pyrrole nitrogens is 2. The number of imidazole rings is 1. The summed E-state index contributed by atoms with van der Waals surface area (Å²) in [6.45, 7) is 7.43. The van der Waals surface area contributed by atoms with Crippen LogP contribution in [0.15, 0.2) is 96.5 Å². The molecule has 7 nitrogen and oxygen atoms in total. The molecule has 0 atom stereocenters.